The predicted molar refractivity (Wildman–Crippen MR) is 446 cm³/mol. The molecular formula is C91H170O24. The highest BCUT2D eigenvalue weighted by atomic mass is 16.7. The molecule has 0 spiro atoms. The highest BCUT2D eigenvalue weighted by molar-refractivity contribution is 5.77. The summed E-state index contributed by atoms with van der Waals surface area (Å²) in [6.45, 7) is 54.9. The lowest BCUT2D eigenvalue weighted by Crippen LogP contribution is -2.69. The molecule has 0 radical (unpaired) electrons. The molecule has 10 unspecified atom stereocenters. The molecule has 4 bridgehead atoms. The molecule has 10 atom stereocenters. The summed E-state index contributed by atoms with van der Waals surface area (Å²) in [5, 5.41) is 0. The van der Waals surface area contributed by atoms with Crippen LogP contribution in [0.25, 0.3) is 0 Å². The van der Waals surface area contributed by atoms with Gasteiger partial charge < -0.3 is 90.0 Å². The van der Waals surface area contributed by atoms with Crippen LogP contribution >= 0.6 is 0 Å². The summed E-state index contributed by atoms with van der Waals surface area (Å²) >= 11 is 0. The van der Waals surface area contributed by atoms with Gasteiger partial charge >= 0.3 is 29.8 Å². The molecule has 0 N–H and O–H groups in total. The standard InChI is InChI=1S/C32H54O6.C17H34O6.C16H30O4.C14H28O4.C12H24O4/c1-6-29(4,5)28(33)38-32-19-25-17-30(21-32,36-23(2)34-26-13-9-7-10-14-26)20-31(18-25,22-32)37-24(3)35-27-15-11-8-12-16-27;1-8-17(6,7)16(18)22-12-15(23-14(5)20-10-3)11-21-13(4)19-9-2;1-5-16(3,4)15(17)19-12-11-18-13(2)20-14-9-7-6-8-10-14;1-6-8-9-16-12(3)17-10-11-18-13(15)14(4,5)7-2;1-6-12(4,5)11(13)16-9-8-15-10(3)14-7-2/h23-27H,6-22H2,1-5H3;13-15H,8-12H2,1-7H3;13-14H,5-12H2,1-4H3;12H,6-11H2,1-5H3;10H,6-9H2,1-5H3. The molecule has 7 rings (SSSR count). The maximum Gasteiger partial charge on any atom is 0.312 e. The van der Waals surface area contributed by atoms with E-state index in [0.717, 1.165) is 116 Å². The molecule has 0 aromatic rings. The van der Waals surface area contributed by atoms with E-state index >= 15 is 0 Å². The second kappa shape index (κ2) is 55.7. The van der Waals surface area contributed by atoms with Crippen molar-refractivity contribution in [1.82, 2.24) is 0 Å². The molecule has 0 heterocycles. The Labute approximate surface area is 698 Å². The summed E-state index contributed by atoms with van der Waals surface area (Å²) in [6, 6.07) is 0. The first kappa shape index (κ1) is 108. The van der Waals surface area contributed by atoms with Crippen molar-refractivity contribution in [3.05, 3.63) is 0 Å². The van der Waals surface area contributed by atoms with Gasteiger partial charge in [-0.05, 0) is 241 Å². The lowest BCUT2D eigenvalue weighted by molar-refractivity contribution is -0.341. The quantitative estimate of drug-likeness (QED) is 0.0237. The van der Waals surface area contributed by atoms with Crippen LogP contribution in [0.4, 0.5) is 0 Å². The Balaban J connectivity index is 0.000000511. The summed E-state index contributed by atoms with van der Waals surface area (Å²) in [4.78, 5) is 60.4. The van der Waals surface area contributed by atoms with Crippen LogP contribution in [0.2, 0.25) is 0 Å². The van der Waals surface area contributed by atoms with Gasteiger partial charge in [-0.1, -0.05) is 106 Å². The van der Waals surface area contributed by atoms with Crippen LogP contribution in [0.1, 0.15) is 360 Å². The number of hydrogen-bond donors (Lipinski definition) is 0. The normalized spacial score (nSPS) is 22.9. The first-order chi connectivity index (χ1) is 54.1. The number of unbranched alkanes of at least 4 members (excludes halogenated alkanes) is 1. The van der Waals surface area contributed by atoms with Gasteiger partial charge in [0, 0.05) is 45.7 Å². The second-order valence-corrected chi connectivity index (χ2v) is 35.8. The van der Waals surface area contributed by atoms with E-state index in [4.69, 9.17) is 90.0 Å². The van der Waals surface area contributed by atoms with Gasteiger partial charge in [-0.15, -0.1) is 0 Å². The summed E-state index contributed by atoms with van der Waals surface area (Å²) < 4.78 is 109. The minimum absolute atomic E-state index is 0.0924. The van der Waals surface area contributed by atoms with Gasteiger partial charge in [0.2, 0.25) is 0 Å². The fourth-order valence-corrected chi connectivity index (χ4v) is 14.7. The Morgan fingerprint density at radius 2 is 0.626 bits per heavy atom. The number of hydrogen-bond acceptors (Lipinski definition) is 24. The van der Waals surface area contributed by atoms with E-state index in [1.54, 1.807) is 6.92 Å². The third-order valence-electron chi connectivity index (χ3n) is 23.4. The molecule has 0 amide bonds. The van der Waals surface area contributed by atoms with Gasteiger partial charge in [-0.25, -0.2) is 0 Å². The molecule has 7 saturated carbocycles. The van der Waals surface area contributed by atoms with Gasteiger partial charge in [-0.3, -0.25) is 24.0 Å². The van der Waals surface area contributed by atoms with Crippen LogP contribution in [0.3, 0.4) is 0 Å². The van der Waals surface area contributed by atoms with Crippen molar-refractivity contribution >= 4 is 29.8 Å². The molecule has 0 aliphatic heterocycles. The van der Waals surface area contributed by atoms with E-state index in [9.17, 15) is 24.0 Å². The molecule has 7 aliphatic rings. The zero-order valence-electron chi connectivity index (χ0n) is 77.5. The molecule has 7 fully saturated rings. The number of rotatable bonds is 50. The van der Waals surface area contributed by atoms with Crippen molar-refractivity contribution in [3.63, 3.8) is 0 Å². The second-order valence-electron chi connectivity index (χ2n) is 35.8. The SMILES string of the molecule is CCC(C)(C)C(=O)OC12CC3CC(OC(C)OC4CCCCC4)(C1)CC(OC(C)OC1CCCCC1)(C3)C2.CCC(C)(C)C(=O)OCCOC(C)OC1CCCCC1.CCCCOC(C)OCCOC(=O)C(C)(C)CC.CCOC(C)OCC(COC(=O)C(C)(C)CC)OC(C)OCC.CCOC(C)OCCOC(=O)C(C)(C)CC. The first-order valence-electron chi connectivity index (χ1n) is 45.0. The molecule has 0 aromatic carbocycles. The average molecular weight is 1650 g/mol. The van der Waals surface area contributed by atoms with Crippen molar-refractivity contribution in [2.45, 2.75) is 445 Å². The zero-order valence-corrected chi connectivity index (χ0v) is 77.5. The summed E-state index contributed by atoms with van der Waals surface area (Å²) in [5.74, 6) is -0.436. The maximum absolute atomic E-state index is 13.4. The van der Waals surface area contributed by atoms with Crippen LogP contribution in [0.5, 0.6) is 0 Å². The van der Waals surface area contributed by atoms with Gasteiger partial charge in [-0.2, -0.15) is 0 Å². The third-order valence-corrected chi connectivity index (χ3v) is 23.4. The molecule has 24 heteroatoms. The monoisotopic (exact) mass is 1650 g/mol. The molecule has 24 nitrogen and oxygen atoms in total. The van der Waals surface area contributed by atoms with Crippen molar-refractivity contribution in [2.75, 3.05) is 79.3 Å². The Morgan fingerprint density at radius 1 is 0.322 bits per heavy atom. The van der Waals surface area contributed by atoms with Crippen molar-refractivity contribution in [3.8, 4) is 0 Å². The summed E-state index contributed by atoms with van der Waals surface area (Å²) in [5.41, 5.74) is -3.57. The van der Waals surface area contributed by atoms with E-state index in [2.05, 4.69) is 27.7 Å². The Hall–Kier alpha value is -3.21. The van der Waals surface area contributed by atoms with Crippen LogP contribution < -0.4 is 0 Å². The Kier molecular flexibility index (Phi) is 52.3. The number of carbonyl (C=O) groups is 5. The first-order valence-corrected chi connectivity index (χ1v) is 45.0. The summed E-state index contributed by atoms with van der Waals surface area (Å²) in [6.07, 6.45) is 27.8. The highest BCUT2D eigenvalue weighted by Gasteiger charge is 2.67. The largest absolute Gasteiger partial charge is 0.463 e. The van der Waals surface area contributed by atoms with Crippen molar-refractivity contribution in [2.24, 2.45) is 33.0 Å². The van der Waals surface area contributed by atoms with Gasteiger partial charge in [0.05, 0.1) is 83.0 Å². The third kappa shape index (κ3) is 42.9. The van der Waals surface area contributed by atoms with Crippen LogP contribution in [-0.2, 0) is 114 Å². The van der Waals surface area contributed by atoms with Crippen LogP contribution in [0.15, 0.2) is 0 Å². The van der Waals surface area contributed by atoms with E-state index < -0.39 is 56.3 Å². The number of esters is 5. The van der Waals surface area contributed by atoms with Gasteiger partial charge in [0.1, 0.15) is 38.1 Å². The van der Waals surface area contributed by atoms with E-state index in [-0.39, 0.29) is 94.0 Å². The Morgan fingerprint density at radius 3 is 0.991 bits per heavy atom. The minimum Gasteiger partial charge on any atom is -0.463 e. The lowest BCUT2D eigenvalue weighted by atomic mass is 9.50. The summed E-state index contributed by atoms with van der Waals surface area (Å²) in [7, 11) is 0. The minimum atomic E-state index is -0.544. The average Bonchev–Trinajstić information content (AvgIpc) is 0.700. The predicted octanol–water partition coefficient (Wildman–Crippen LogP) is 19.9. The van der Waals surface area contributed by atoms with Crippen molar-refractivity contribution < 1.29 is 114 Å². The van der Waals surface area contributed by atoms with Gasteiger partial charge in [0.25, 0.3) is 0 Å². The van der Waals surface area contributed by atoms with Crippen LogP contribution in [0, 0.1) is 33.0 Å². The van der Waals surface area contributed by atoms with Crippen LogP contribution in [-0.4, -0.2) is 194 Å². The highest BCUT2D eigenvalue weighted by Crippen LogP contribution is 2.64. The zero-order chi connectivity index (χ0) is 86.5. The maximum atomic E-state index is 13.4. The lowest BCUT2D eigenvalue weighted by Gasteiger charge is -2.65. The van der Waals surface area contributed by atoms with E-state index in [0.29, 0.717) is 83.5 Å². The molecule has 0 aromatic heterocycles. The number of carbonyl (C=O) groups excluding carboxylic acids is 5. The Bertz CT molecular complexity index is 2550. The topological polar surface area (TPSA) is 261 Å². The molecule has 0 saturated heterocycles. The van der Waals surface area contributed by atoms with Gasteiger partial charge in [0.15, 0.2) is 44.0 Å². The van der Waals surface area contributed by atoms with Crippen molar-refractivity contribution in [1.29, 1.82) is 0 Å². The van der Waals surface area contributed by atoms with E-state index in [1.807, 2.05) is 145 Å². The molecule has 7 aliphatic carbocycles. The smallest absolute Gasteiger partial charge is 0.312 e. The fourth-order valence-electron chi connectivity index (χ4n) is 14.7. The fraction of sp³-hybridized carbons (Fsp3) is 0.945. The number of ether oxygens (including phenoxy) is 19. The van der Waals surface area contributed by atoms with E-state index in [1.165, 1.54) is 57.8 Å². The molecule has 678 valence electrons. The molecular weight excluding hydrogens is 1480 g/mol. The molecule has 115 heavy (non-hydrogen) atoms.